The van der Waals surface area contributed by atoms with Crippen molar-refractivity contribution in [2.45, 2.75) is 6.18 Å². The van der Waals surface area contributed by atoms with E-state index in [9.17, 15) is 18.0 Å². The summed E-state index contributed by atoms with van der Waals surface area (Å²) in [7, 11) is 4.73. The lowest BCUT2D eigenvalue weighted by Crippen LogP contribution is -2.18. The summed E-state index contributed by atoms with van der Waals surface area (Å²) in [5.41, 5.74) is -0.591. The lowest BCUT2D eigenvalue weighted by Gasteiger charge is -2.18. The van der Waals surface area contributed by atoms with Gasteiger partial charge in [-0.05, 0) is 36.4 Å². The summed E-state index contributed by atoms with van der Waals surface area (Å²) in [6.07, 6.45) is -4.58. The number of carbonyl (C=O) groups is 1. The van der Waals surface area contributed by atoms with E-state index in [2.05, 4.69) is 5.32 Å². The van der Waals surface area contributed by atoms with E-state index in [0.717, 1.165) is 6.07 Å². The molecule has 4 nitrogen and oxygen atoms in total. The molecule has 0 spiro atoms. The Balaban J connectivity index is 2.36. The molecule has 0 bridgehead atoms. The Morgan fingerprint density at radius 2 is 1.83 bits per heavy atom. The molecule has 0 saturated carbocycles. The number of halogens is 3. The molecular weight excluding hydrogens is 321 g/mol. The minimum Gasteiger partial charge on any atom is -0.497 e. The normalized spacial score (nSPS) is 11.1. The molecule has 24 heavy (non-hydrogen) atoms. The number of alkyl halides is 3. The standard InChI is InChI=1S/C17H17F3N2O2/c1-22(2)12-7-8-15(14(10-12)17(18,19)20)21-16(23)11-5-4-6-13(9-11)24-3/h4-10H,1-3H3,(H,21,23). The van der Waals surface area contributed by atoms with Crippen molar-refractivity contribution in [2.24, 2.45) is 0 Å². The van der Waals surface area contributed by atoms with Gasteiger partial charge >= 0.3 is 6.18 Å². The molecule has 128 valence electrons. The Labute approximate surface area is 137 Å². The molecule has 2 aromatic carbocycles. The number of methoxy groups -OCH3 is 1. The van der Waals surface area contributed by atoms with Crippen LogP contribution in [0, 0.1) is 0 Å². The topological polar surface area (TPSA) is 41.6 Å². The highest BCUT2D eigenvalue weighted by atomic mass is 19.4. The zero-order valence-corrected chi connectivity index (χ0v) is 13.4. The second-order valence-electron chi connectivity index (χ2n) is 5.31. The highest BCUT2D eigenvalue weighted by Gasteiger charge is 2.34. The summed E-state index contributed by atoms with van der Waals surface area (Å²) in [6, 6.07) is 9.95. The fourth-order valence-electron chi connectivity index (χ4n) is 2.11. The first-order valence-corrected chi connectivity index (χ1v) is 7.06. The van der Waals surface area contributed by atoms with Gasteiger partial charge in [-0.1, -0.05) is 6.07 Å². The van der Waals surface area contributed by atoms with E-state index in [0.29, 0.717) is 11.4 Å². The largest absolute Gasteiger partial charge is 0.497 e. The smallest absolute Gasteiger partial charge is 0.418 e. The third kappa shape index (κ3) is 3.98. The van der Waals surface area contributed by atoms with E-state index in [1.54, 1.807) is 31.1 Å². The van der Waals surface area contributed by atoms with Crippen LogP contribution in [0.5, 0.6) is 5.75 Å². The fraction of sp³-hybridized carbons (Fsp3) is 0.235. The number of ether oxygens (including phenoxy) is 1. The van der Waals surface area contributed by atoms with Gasteiger partial charge in [-0.25, -0.2) is 0 Å². The summed E-state index contributed by atoms with van der Waals surface area (Å²) in [5, 5.41) is 2.32. The number of nitrogens with zero attached hydrogens (tertiary/aromatic N) is 1. The van der Waals surface area contributed by atoms with Gasteiger partial charge in [-0.2, -0.15) is 13.2 Å². The monoisotopic (exact) mass is 338 g/mol. The van der Waals surface area contributed by atoms with Gasteiger partial charge in [0, 0.05) is 25.3 Å². The maximum Gasteiger partial charge on any atom is 0.418 e. The molecule has 1 N–H and O–H groups in total. The zero-order chi connectivity index (χ0) is 17.9. The minimum absolute atomic E-state index is 0.208. The Morgan fingerprint density at radius 3 is 2.42 bits per heavy atom. The van der Waals surface area contributed by atoms with Crippen molar-refractivity contribution in [3.63, 3.8) is 0 Å². The molecule has 1 amide bonds. The number of amides is 1. The van der Waals surface area contributed by atoms with E-state index in [4.69, 9.17) is 4.74 Å². The molecule has 0 aromatic heterocycles. The average Bonchev–Trinajstić information content (AvgIpc) is 2.54. The first kappa shape index (κ1) is 17.7. The first-order valence-electron chi connectivity index (χ1n) is 7.06. The number of nitrogens with one attached hydrogen (secondary N) is 1. The van der Waals surface area contributed by atoms with Crippen molar-refractivity contribution in [3.05, 3.63) is 53.6 Å². The van der Waals surface area contributed by atoms with Crippen LogP contribution >= 0.6 is 0 Å². The average molecular weight is 338 g/mol. The molecule has 2 rings (SSSR count). The molecule has 0 aliphatic rings. The van der Waals surface area contributed by atoms with E-state index in [1.165, 1.54) is 31.4 Å². The van der Waals surface area contributed by atoms with Crippen LogP contribution in [0.1, 0.15) is 15.9 Å². The minimum atomic E-state index is -4.58. The Hall–Kier alpha value is -2.70. The second kappa shape index (κ2) is 6.82. The maximum atomic E-state index is 13.3. The van der Waals surface area contributed by atoms with E-state index >= 15 is 0 Å². The van der Waals surface area contributed by atoms with Gasteiger partial charge in [-0.3, -0.25) is 4.79 Å². The SMILES string of the molecule is COc1cccc(C(=O)Nc2ccc(N(C)C)cc2C(F)(F)F)c1. The number of hydrogen-bond donors (Lipinski definition) is 1. The van der Waals surface area contributed by atoms with E-state index < -0.39 is 17.6 Å². The van der Waals surface area contributed by atoms with Crippen LogP contribution in [0.25, 0.3) is 0 Å². The highest BCUT2D eigenvalue weighted by Crippen LogP contribution is 2.37. The number of hydrogen-bond acceptors (Lipinski definition) is 3. The van der Waals surface area contributed by atoms with Gasteiger partial charge in [0.05, 0.1) is 18.4 Å². The molecular formula is C17H17F3N2O2. The zero-order valence-electron chi connectivity index (χ0n) is 13.4. The van der Waals surface area contributed by atoms with Crippen molar-refractivity contribution in [1.29, 1.82) is 0 Å². The van der Waals surface area contributed by atoms with Crippen LogP contribution in [0.15, 0.2) is 42.5 Å². The molecule has 0 radical (unpaired) electrons. The molecule has 0 fully saturated rings. The van der Waals surface area contributed by atoms with Gasteiger partial charge in [0.1, 0.15) is 5.75 Å². The summed E-state index contributed by atoms with van der Waals surface area (Å²) in [5.74, 6) is -0.196. The van der Waals surface area contributed by atoms with Crippen LogP contribution in [-0.2, 0) is 6.18 Å². The quantitative estimate of drug-likeness (QED) is 0.915. The molecule has 2 aromatic rings. The van der Waals surface area contributed by atoms with Gasteiger partial charge in [0.2, 0.25) is 0 Å². The third-order valence-electron chi connectivity index (χ3n) is 3.41. The lowest BCUT2D eigenvalue weighted by molar-refractivity contribution is -0.136. The van der Waals surface area contributed by atoms with Crippen LogP contribution < -0.4 is 15.0 Å². The van der Waals surface area contributed by atoms with Crippen molar-refractivity contribution in [1.82, 2.24) is 0 Å². The van der Waals surface area contributed by atoms with Gasteiger partial charge in [-0.15, -0.1) is 0 Å². The predicted molar refractivity (Wildman–Crippen MR) is 86.7 cm³/mol. The Morgan fingerprint density at radius 1 is 1.12 bits per heavy atom. The first-order chi connectivity index (χ1) is 11.2. The van der Waals surface area contributed by atoms with E-state index in [-0.39, 0.29) is 11.3 Å². The van der Waals surface area contributed by atoms with Crippen molar-refractivity contribution in [2.75, 3.05) is 31.4 Å². The number of carbonyl (C=O) groups excluding carboxylic acids is 1. The maximum absolute atomic E-state index is 13.3. The van der Waals surface area contributed by atoms with Crippen molar-refractivity contribution in [3.8, 4) is 5.75 Å². The number of benzene rings is 2. The predicted octanol–water partition coefficient (Wildman–Crippen LogP) is 4.03. The van der Waals surface area contributed by atoms with Crippen molar-refractivity contribution >= 4 is 17.3 Å². The summed E-state index contributed by atoms with van der Waals surface area (Å²) >= 11 is 0. The van der Waals surface area contributed by atoms with Gasteiger partial charge < -0.3 is 15.0 Å². The summed E-state index contributed by atoms with van der Waals surface area (Å²) in [4.78, 5) is 13.8. The second-order valence-corrected chi connectivity index (χ2v) is 5.31. The number of anilines is 2. The highest BCUT2D eigenvalue weighted by molar-refractivity contribution is 6.05. The van der Waals surface area contributed by atoms with Crippen LogP contribution in [0.4, 0.5) is 24.5 Å². The number of rotatable bonds is 4. The fourth-order valence-corrected chi connectivity index (χ4v) is 2.11. The summed E-state index contributed by atoms with van der Waals surface area (Å²) < 4.78 is 44.8. The molecule has 0 aliphatic carbocycles. The van der Waals surface area contributed by atoms with Crippen molar-refractivity contribution < 1.29 is 22.7 Å². The van der Waals surface area contributed by atoms with Crippen LogP contribution in [-0.4, -0.2) is 27.1 Å². The third-order valence-corrected chi connectivity index (χ3v) is 3.41. The molecule has 7 heteroatoms. The molecule has 0 saturated heterocycles. The summed E-state index contributed by atoms with van der Waals surface area (Å²) in [6.45, 7) is 0. The van der Waals surface area contributed by atoms with Crippen LogP contribution in [0.2, 0.25) is 0 Å². The Kier molecular flexibility index (Phi) is 5.02. The molecule has 0 unspecified atom stereocenters. The Bertz CT molecular complexity index is 743. The van der Waals surface area contributed by atoms with E-state index in [1.807, 2.05) is 0 Å². The molecule has 0 atom stereocenters. The van der Waals surface area contributed by atoms with Gasteiger partial charge in [0.15, 0.2) is 0 Å². The molecule has 0 aliphatic heterocycles. The van der Waals surface area contributed by atoms with Crippen LogP contribution in [0.3, 0.4) is 0 Å². The molecule has 0 heterocycles. The lowest BCUT2D eigenvalue weighted by atomic mass is 10.1. The van der Waals surface area contributed by atoms with Gasteiger partial charge in [0.25, 0.3) is 5.91 Å².